The molecule has 21 heavy (non-hydrogen) atoms. The van der Waals surface area contributed by atoms with Gasteiger partial charge in [-0.1, -0.05) is 22.4 Å². The Morgan fingerprint density at radius 2 is 2.24 bits per heavy atom. The van der Waals surface area contributed by atoms with Crippen LogP contribution < -0.4 is 11.1 Å². The van der Waals surface area contributed by atoms with E-state index in [4.69, 9.17) is 5.73 Å². The zero-order chi connectivity index (χ0) is 14.8. The molecule has 0 radical (unpaired) electrons. The molecule has 2 unspecified atom stereocenters. The highest BCUT2D eigenvalue weighted by atomic mass is 79.9. The van der Waals surface area contributed by atoms with Gasteiger partial charge in [-0.3, -0.25) is 4.98 Å². The highest BCUT2D eigenvalue weighted by molar-refractivity contribution is 9.10. The molecule has 2 atom stereocenters. The lowest BCUT2D eigenvalue weighted by Gasteiger charge is -2.26. The number of aromatic nitrogens is 1. The van der Waals surface area contributed by atoms with Crippen molar-refractivity contribution in [2.24, 2.45) is 5.92 Å². The summed E-state index contributed by atoms with van der Waals surface area (Å²) in [7, 11) is 0. The number of nitrogens with one attached hydrogen (secondary N) is 1. The van der Waals surface area contributed by atoms with E-state index in [1.807, 2.05) is 18.2 Å². The van der Waals surface area contributed by atoms with Crippen LogP contribution in [0.3, 0.4) is 0 Å². The Labute approximate surface area is 132 Å². The van der Waals surface area contributed by atoms with Crippen LogP contribution in [0.5, 0.6) is 0 Å². The van der Waals surface area contributed by atoms with Crippen molar-refractivity contribution in [3.05, 3.63) is 28.9 Å². The fraction of sp³-hybridized carbons (Fsp3) is 0.438. The smallest absolute Gasteiger partial charge is 0.0743 e. The lowest BCUT2D eigenvalue weighted by molar-refractivity contribution is 0.105. The van der Waals surface area contributed by atoms with E-state index in [1.54, 1.807) is 6.20 Å². The molecule has 1 saturated carbocycles. The Morgan fingerprint density at radius 1 is 1.38 bits per heavy atom. The average Bonchev–Trinajstić information content (AvgIpc) is 2.46. The van der Waals surface area contributed by atoms with Gasteiger partial charge in [-0.25, -0.2) is 0 Å². The van der Waals surface area contributed by atoms with Gasteiger partial charge in [0.1, 0.15) is 0 Å². The van der Waals surface area contributed by atoms with Crippen molar-refractivity contribution < 1.29 is 5.11 Å². The van der Waals surface area contributed by atoms with Crippen LogP contribution in [0.15, 0.2) is 28.9 Å². The van der Waals surface area contributed by atoms with Crippen molar-refractivity contribution >= 4 is 38.2 Å². The summed E-state index contributed by atoms with van der Waals surface area (Å²) in [4.78, 5) is 4.36. The summed E-state index contributed by atoms with van der Waals surface area (Å²) in [6, 6.07) is 6.00. The maximum atomic E-state index is 9.77. The van der Waals surface area contributed by atoms with Gasteiger partial charge in [0.05, 0.1) is 29.2 Å². The SMILES string of the molecule is Nc1cnc2ccc(Br)cc2c1NCC1CCCC(O)C1. The molecule has 5 heteroatoms. The van der Waals surface area contributed by atoms with Crippen LogP contribution in [0.1, 0.15) is 25.7 Å². The summed E-state index contributed by atoms with van der Waals surface area (Å²) in [5.74, 6) is 0.503. The van der Waals surface area contributed by atoms with Gasteiger partial charge in [0.2, 0.25) is 0 Å². The molecule has 4 nitrogen and oxygen atoms in total. The summed E-state index contributed by atoms with van der Waals surface area (Å²) in [6.07, 6.45) is 5.63. The predicted octanol–water partition coefficient (Wildman–Crippen LogP) is 3.54. The Kier molecular flexibility index (Phi) is 4.31. The summed E-state index contributed by atoms with van der Waals surface area (Å²) < 4.78 is 1.01. The molecule has 0 amide bonds. The first-order valence-electron chi connectivity index (χ1n) is 7.39. The molecule has 3 rings (SSSR count). The second-order valence-electron chi connectivity index (χ2n) is 5.82. The van der Waals surface area contributed by atoms with Crippen molar-refractivity contribution in [2.45, 2.75) is 31.8 Å². The minimum atomic E-state index is -0.147. The van der Waals surface area contributed by atoms with Crippen molar-refractivity contribution in [3.8, 4) is 0 Å². The second kappa shape index (κ2) is 6.20. The highest BCUT2D eigenvalue weighted by Crippen LogP contribution is 2.31. The van der Waals surface area contributed by atoms with Gasteiger partial charge < -0.3 is 16.2 Å². The number of anilines is 2. The van der Waals surface area contributed by atoms with E-state index in [9.17, 15) is 5.11 Å². The van der Waals surface area contributed by atoms with Gasteiger partial charge in [-0.2, -0.15) is 0 Å². The monoisotopic (exact) mass is 349 g/mol. The van der Waals surface area contributed by atoms with Crippen molar-refractivity contribution in [1.29, 1.82) is 0 Å². The number of benzene rings is 1. The third-order valence-corrected chi connectivity index (χ3v) is 4.68. The van der Waals surface area contributed by atoms with E-state index in [2.05, 4.69) is 26.2 Å². The first-order valence-corrected chi connectivity index (χ1v) is 8.18. The first-order chi connectivity index (χ1) is 10.1. The summed E-state index contributed by atoms with van der Waals surface area (Å²) in [6.45, 7) is 0.840. The summed E-state index contributed by atoms with van der Waals surface area (Å²) >= 11 is 3.50. The number of nitrogen functional groups attached to an aromatic ring is 1. The normalized spacial score (nSPS) is 22.4. The molecule has 0 bridgehead atoms. The fourth-order valence-corrected chi connectivity index (χ4v) is 3.43. The van der Waals surface area contributed by atoms with E-state index < -0.39 is 0 Å². The number of hydrogen-bond donors (Lipinski definition) is 3. The van der Waals surface area contributed by atoms with E-state index in [-0.39, 0.29) is 6.10 Å². The van der Waals surface area contributed by atoms with Gasteiger partial charge in [0.25, 0.3) is 0 Å². The number of halogens is 1. The quantitative estimate of drug-likeness (QED) is 0.792. The Balaban J connectivity index is 1.82. The van der Waals surface area contributed by atoms with Crippen LogP contribution in [0.2, 0.25) is 0 Å². The number of fused-ring (bicyclic) bond motifs is 1. The maximum Gasteiger partial charge on any atom is 0.0743 e. The number of nitrogens with zero attached hydrogens (tertiary/aromatic N) is 1. The van der Waals surface area contributed by atoms with Crippen molar-refractivity contribution in [3.63, 3.8) is 0 Å². The van der Waals surface area contributed by atoms with Crippen LogP contribution in [0.25, 0.3) is 10.9 Å². The Bertz CT molecular complexity index is 641. The van der Waals surface area contributed by atoms with Gasteiger partial charge in [-0.15, -0.1) is 0 Å². The van der Waals surface area contributed by atoms with Crippen LogP contribution in [0.4, 0.5) is 11.4 Å². The number of rotatable bonds is 3. The molecule has 0 spiro atoms. The van der Waals surface area contributed by atoms with E-state index in [0.717, 1.165) is 53.3 Å². The summed E-state index contributed by atoms with van der Waals surface area (Å²) in [5, 5.41) is 14.3. The van der Waals surface area contributed by atoms with Crippen molar-refractivity contribution in [1.82, 2.24) is 4.98 Å². The van der Waals surface area contributed by atoms with Crippen molar-refractivity contribution in [2.75, 3.05) is 17.6 Å². The standard InChI is InChI=1S/C16H20BrN3O/c17-11-4-5-15-13(7-11)16(14(18)9-19-15)20-8-10-2-1-3-12(21)6-10/h4-5,7,9-10,12,21H,1-3,6,8,18H2,(H,19,20). The molecule has 1 aliphatic rings. The average molecular weight is 350 g/mol. The van der Waals surface area contributed by atoms with Gasteiger partial charge >= 0.3 is 0 Å². The van der Waals surface area contributed by atoms with Gasteiger partial charge in [0.15, 0.2) is 0 Å². The maximum absolute atomic E-state index is 9.77. The highest BCUT2D eigenvalue weighted by Gasteiger charge is 2.20. The fourth-order valence-electron chi connectivity index (χ4n) is 3.07. The minimum Gasteiger partial charge on any atom is -0.396 e. The van der Waals surface area contributed by atoms with E-state index in [0.29, 0.717) is 11.6 Å². The third kappa shape index (κ3) is 3.30. The molecule has 1 aromatic carbocycles. The zero-order valence-corrected chi connectivity index (χ0v) is 13.4. The van der Waals surface area contributed by atoms with Crippen LogP contribution in [-0.4, -0.2) is 22.7 Å². The van der Waals surface area contributed by atoms with Gasteiger partial charge in [0, 0.05) is 16.4 Å². The molecule has 4 N–H and O–H groups in total. The van der Waals surface area contributed by atoms with Gasteiger partial charge in [-0.05, 0) is 43.4 Å². The summed E-state index contributed by atoms with van der Waals surface area (Å²) in [5.41, 5.74) is 8.63. The number of aliphatic hydroxyl groups excluding tert-OH is 1. The minimum absolute atomic E-state index is 0.147. The molecule has 0 aliphatic heterocycles. The molecule has 2 aromatic rings. The molecule has 112 valence electrons. The molecule has 1 aliphatic carbocycles. The molecule has 1 heterocycles. The van der Waals surface area contributed by atoms with Crippen LogP contribution >= 0.6 is 15.9 Å². The molecular weight excluding hydrogens is 330 g/mol. The molecule has 1 aromatic heterocycles. The van der Waals surface area contributed by atoms with Crippen LogP contribution in [-0.2, 0) is 0 Å². The number of hydrogen-bond acceptors (Lipinski definition) is 4. The number of aliphatic hydroxyl groups is 1. The second-order valence-corrected chi connectivity index (χ2v) is 6.73. The number of pyridine rings is 1. The molecule has 0 saturated heterocycles. The predicted molar refractivity (Wildman–Crippen MR) is 90.3 cm³/mol. The third-order valence-electron chi connectivity index (χ3n) is 4.18. The lowest BCUT2D eigenvalue weighted by Crippen LogP contribution is -2.25. The lowest BCUT2D eigenvalue weighted by atomic mass is 9.87. The largest absolute Gasteiger partial charge is 0.396 e. The van der Waals surface area contributed by atoms with E-state index in [1.165, 1.54) is 0 Å². The number of nitrogens with two attached hydrogens (primary N) is 1. The Morgan fingerprint density at radius 3 is 3.05 bits per heavy atom. The van der Waals surface area contributed by atoms with E-state index >= 15 is 0 Å². The Hall–Kier alpha value is -1.33. The topological polar surface area (TPSA) is 71.2 Å². The molecular formula is C16H20BrN3O. The van der Waals surface area contributed by atoms with Crippen LogP contribution in [0, 0.1) is 5.92 Å². The zero-order valence-electron chi connectivity index (χ0n) is 11.8. The first kappa shape index (κ1) is 14.6. The molecule has 1 fully saturated rings.